The SMILES string of the molecule is COc1ccc2cc(C(=O)c3cccc4ccccc34)ccc2c1. The van der Waals surface area contributed by atoms with Crippen molar-refractivity contribution < 1.29 is 9.53 Å². The van der Waals surface area contributed by atoms with Gasteiger partial charge in [0.2, 0.25) is 0 Å². The Balaban J connectivity index is 1.82. The van der Waals surface area contributed by atoms with E-state index in [1.54, 1.807) is 7.11 Å². The average Bonchev–Trinajstić information content (AvgIpc) is 2.66. The van der Waals surface area contributed by atoms with Gasteiger partial charge in [-0.25, -0.2) is 0 Å². The minimum atomic E-state index is 0.0459. The lowest BCUT2D eigenvalue weighted by Crippen LogP contribution is -2.02. The van der Waals surface area contributed by atoms with E-state index in [2.05, 4.69) is 0 Å². The molecule has 0 aliphatic heterocycles. The number of ether oxygens (including phenoxy) is 1. The molecule has 0 amide bonds. The Labute approximate surface area is 140 Å². The van der Waals surface area contributed by atoms with Gasteiger partial charge in [-0.2, -0.15) is 0 Å². The first-order chi connectivity index (χ1) is 11.8. The second-order valence-electron chi connectivity index (χ2n) is 5.78. The normalized spacial score (nSPS) is 10.9. The fraction of sp³-hybridized carbons (Fsp3) is 0.0455. The zero-order valence-electron chi connectivity index (χ0n) is 13.3. The zero-order chi connectivity index (χ0) is 16.5. The van der Waals surface area contributed by atoms with Crippen LogP contribution in [0.15, 0.2) is 78.9 Å². The second kappa shape index (κ2) is 5.82. The predicted octanol–water partition coefficient (Wildman–Crippen LogP) is 5.23. The highest BCUT2D eigenvalue weighted by Gasteiger charge is 2.12. The lowest BCUT2D eigenvalue weighted by atomic mass is 9.96. The molecule has 116 valence electrons. The Hall–Kier alpha value is -3.13. The third-order valence-electron chi connectivity index (χ3n) is 4.34. The van der Waals surface area contributed by atoms with Crippen molar-refractivity contribution in [2.45, 2.75) is 0 Å². The summed E-state index contributed by atoms with van der Waals surface area (Å²) >= 11 is 0. The van der Waals surface area contributed by atoms with Gasteiger partial charge in [0, 0.05) is 11.1 Å². The summed E-state index contributed by atoms with van der Waals surface area (Å²) in [6.45, 7) is 0. The van der Waals surface area contributed by atoms with E-state index >= 15 is 0 Å². The van der Waals surface area contributed by atoms with E-state index in [1.807, 2.05) is 78.9 Å². The van der Waals surface area contributed by atoms with E-state index < -0.39 is 0 Å². The number of hydrogen-bond acceptors (Lipinski definition) is 2. The first kappa shape index (κ1) is 14.5. The summed E-state index contributed by atoms with van der Waals surface area (Å²) in [5.74, 6) is 0.861. The highest BCUT2D eigenvalue weighted by Crippen LogP contribution is 2.25. The highest BCUT2D eigenvalue weighted by molar-refractivity contribution is 6.17. The van der Waals surface area contributed by atoms with Gasteiger partial charge in [-0.05, 0) is 39.7 Å². The van der Waals surface area contributed by atoms with Crippen molar-refractivity contribution in [1.82, 2.24) is 0 Å². The molecule has 4 rings (SSSR count). The van der Waals surface area contributed by atoms with Crippen LogP contribution in [0.25, 0.3) is 21.5 Å². The van der Waals surface area contributed by atoms with Gasteiger partial charge >= 0.3 is 0 Å². The van der Waals surface area contributed by atoms with E-state index in [4.69, 9.17) is 4.74 Å². The minimum absolute atomic E-state index is 0.0459. The molecule has 0 aliphatic rings. The Morgan fingerprint density at radius 1 is 0.750 bits per heavy atom. The summed E-state index contributed by atoms with van der Waals surface area (Å²) in [4.78, 5) is 13.0. The molecule has 0 heterocycles. The van der Waals surface area contributed by atoms with Gasteiger partial charge in [-0.3, -0.25) is 4.79 Å². The number of fused-ring (bicyclic) bond motifs is 2. The lowest BCUT2D eigenvalue weighted by molar-refractivity contribution is 0.104. The van der Waals surface area contributed by atoms with Crippen molar-refractivity contribution in [1.29, 1.82) is 0 Å². The van der Waals surface area contributed by atoms with Crippen molar-refractivity contribution in [2.75, 3.05) is 7.11 Å². The maximum Gasteiger partial charge on any atom is 0.193 e. The third-order valence-corrected chi connectivity index (χ3v) is 4.34. The first-order valence-electron chi connectivity index (χ1n) is 7.86. The van der Waals surface area contributed by atoms with Crippen LogP contribution >= 0.6 is 0 Å². The van der Waals surface area contributed by atoms with Gasteiger partial charge in [0.05, 0.1) is 7.11 Å². The van der Waals surface area contributed by atoms with Crippen LogP contribution in [0.2, 0.25) is 0 Å². The van der Waals surface area contributed by atoms with E-state index in [9.17, 15) is 4.79 Å². The Kier molecular flexibility index (Phi) is 3.51. The topological polar surface area (TPSA) is 26.3 Å². The fourth-order valence-corrected chi connectivity index (χ4v) is 3.07. The maximum atomic E-state index is 13.0. The average molecular weight is 312 g/mol. The molecule has 0 spiro atoms. The van der Waals surface area contributed by atoms with E-state index in [0.717, 1.165) is 32.9 Å². The third kappa shape index (κ3) is 2.42. The smallest absolute Gasteiger partial charge is 0.193 e. The number of rotatable bonds is 3. The highest BCUT2D eigenvalue weighted by atomic mass is 16.5. The van der Waals surface area contributed by atoms with Crippen LogP contribution in [-0.4, -0.2) is 12.9 Å². The molecule has 2 heteroatoms. The quantitative estimate of drug-likeness (QED) is 0.484. The zero-order valence-corrected chi connectivity index (χ0v) is 13.3. The minimum Gasteiger partial charge on any atom is -0.497 e. The van der Waals surface area contributed by atoms with Crippen LogP contribution in [0.3, 0.4) is 0 Å². The summed E-state index contributed by atoms with van der Waals surface area (Å²) in [5, 5.41) is 4.15. The maximum absolute atomic E-state index is 13.0. The number of carbonyl (C=O) groups is 1. The second-order valence-corrected chi connectivity index (χ2v) is 5.78. The molecular formula is C22H16O2. The monoisotopic (exact) mass is 312 g/mol. The van der Waals surface area contributed by atoms with Gasteiger partial charge < -0.3 is 4.74 Å². The van der Waals surface area contributed by atoms with Crippen LogP contribution in [0.4, 0.5) is 0 Å². The molecule has 0 N–H and O–H groups in total. The molecule has 0 saturated heterocycles. The molecule has 0 atom stereocenters. The largest absolute Gasteiger partial charge is 0.497 e. The van der Waals surface area contributed by atoms with Gasteiger partial charge in [0.15, 0.2) is 5.78 Å². The number of ketones is 1. The van der Waals surface area contributed by atoms with Crippen LogP contribution in [-0.2, 0) is 0 Å². The van der Waals surface area contributed by atoms with E-state index in [1.165, 1.54) is 0 Å². The molecule has 0 unspecified atom stereocenters. The van der Waals surface area contributed by atoms with Crippen molar-refractivity contribution >= 4 is 27.3 Å². The summed E-state index contributed by atoms with van der Waals surface area (Å²) in [6, 6.07) is 25.5. The summed E-state index contributed by atoms with van der Waals surface area (Å²) < 4.78 is 5.25. The Morgan fingerprint density at radius 2 is 1.50 bits per heavy atom. The molecule has 0 aliphatic carbocycles. The predicted molar refractivity (Wildman–Crippen MR) is 97.9 cm³/mol. The number of hydrogen-bond donors (Lipinski definition) is 0. The molecule has 0 fully saturated rings. The molecule has 0 saturated carbocycles. The lowest BCUT2D eigenvalue weighted by Gasteiger charge is -2.08. The number of benzene rings is 4. The molecule has 0 aromatic heterocycles. The molecule has 4 aromatic carbocycles. The van der Waals surface area contributed by atoms with Gasteiger partial charge in [-0.1, -0.05) is 60.7 Å². The van der Waals surface area contributed by atoms with Crippen molar-refractivity contribution in [3.8, 4) is 5.75 Å². The van der Waals surface area contributed by atoms with Crippen molar-refractivity contribution in [3.05, 3.63) is 90.0 Å². The Bertz CT molecular complexity index is 1060. The molecule has 0 radical (unpaired) electrons. The van der Waals surface area contributed by atoms with Crippen LogP contribution in [0, 0.1) is 0 Å². The van der Waals surface area contributed by atoms with Crippen LogP contribution < -0.4 is 4.74 Å². The number of methoxy groups -OCH3 is 1. The summed E-state index contributed by atoms with van der Waals surface area (Å²) in [7, 11) is 1.65. The van der Waals surface area contributed by atoms with Crippen molar-refractivity contribution in [3.63, 3.8) is 0 Å². The first-order valence-corrected chi connectivity index (χ1v) is 7.86. The van der Waals surface area contributed by atoms with Gasteiger partial charge in [-0.15, -0.1) is 0 Å². The van der Waals surface area contributed by atoms with E-state index in [-0.39, 0.29) is 5.78 Å². The number of carbonyl (C=O) groups excluding carboxylic acids is 1. The Morgan fingerprint density at radius 3 is 2.38 bits per heavy atom. The summed E-state index contributed by atoms with van der Waals surface area (Å²) in [5.41, 5.74) is 1.44. The van der Waals surface area contributed by atoms with E-state index in [0.29, 0.717) is 5.56 Å². The van der Waals surface area contributed by atoms with Crippen molar-refractivity contribution in [2.24, 2.45) is 0 Å². The molecular weight excluding hydrogens is 296 g/mol. The molecule has 4 aromatic rings. The van der Waals surface area contributed by atoms with Crippen LogP contribution in [0.5, 0.6) is 5.75 Å². The van der Waals surface area contributed by atoms with Gasteiger partial charge in [0.25, 0.3) is 0 Å². The summed E-state index contributed by atoms with van der Waals surface area (Å²) in [6.07, 6.45) is 0. The fourth-order valence-electron chi connectivity index (χ4n) is 3.07. The molecule has 24 heavy (non-hydrogen) atoms. The molecule has 0 bridgehead atoms. The van der Waals surface area contributed by atoms with Crippen LogP contribution in [0.1, 0.15) is 15.9 Å². The molecule has 2 nitrogen and oxygen atoms in total. The van der Waals surface area contributed by atoms with Gasteiger partial charge in [0.1, 0.15) is 5.75 Å². The standard InChI is InChI=1S/C22H16O2/c1-24-19-12-11-16-13-18(10-9-17(16)14-19)22(23)21-8-4-6-15-5-2-3-7-20(15)21/h2-14H,1H3.